The Morgan fingerprint density at radius 3 is 2.55 bits per heavy atom. The Kier molecular flexibility index (Phi) is 7.03. The maximum Gasteiger partial charge on any atom is 0.410 e. The summed E-state index contributed by atoms with van der Waals surface area (Å²) in [6, 6.07) is 0. The molecule has 1 saturated heterocycles. The van der Waals surface area contributed by atoms with Crippen LogP contribution < -0.4 is 0 Å². The van der Waals surface area contributed by atoms with Crippen molar-refractivity contribution in [2.24, 2.45) is 0 Å². The summed E-state index contributed by atoms with van der Waals surface area (Å²) in [6.45, 7) is 8.04. The third kappa shape index (κ3) is 6.03. The molecule has 0 radical (unpaired) electrons. The summed E-state index contributed by atoms with van der Waals surface area (Å²) in [4.78, 5) is 28.2. The van der Waals surface area contributed by atoms with Crippen molar-refractivity contribution in [3.05, 3.63) is 12.7 Å². The second kappa shape index (κ2) is 8.55. The minimum atomic E-state index is -1.04. The van der Waals surface area contributed by atoms with Crippen LogP contribution in [-0.2, 0) is 9.53 Å². The number of carbonyl (C=O) groups excluding carboxylic acids is 1. The highest BCUT2D eigenvalue weighted by molar-refractivity contribution is 5.76. The van der Waals surface area contributed by atoms with Crippen molar-refractivity contribution >= 4 is 12.1 Å². The first-order chi connectivity index (χ1) is 9.52. The van der Waals surface area contributed by atoms with Crippen molar-refractivity contribution in [3.63, 3.8) is 0 Å². The van der Waals surface area contributed by atoms with Crippen LogP contribution in [0.2, 0.25) is 0 Å². The summed E-state index contributed by atoms with van der Waals surface area (Å²) in [5, 5.41) is 8.84. The van der Waals surface area contributed by atoms with E-state index in [0.717, 1.165) is 26.2 Å². The molecule has 0 unspecified atom stereocenters. The van der Waals surface area contributed by atoms with E-state index in [4.69, 9.17) is 9.84 Å². The SMILES string of the molecule is C=CCOC(=O)N(CCN1CCN(C)CC1)CC(=O)O. The second-order valence-electron chi connectivity index (χ2n) is 4.83. The lowest BCUT2D eigenvalue weighted by Crippen LogP contribution is -2.48. The first-order valence-electron chi connectivity index (χ1n) is 6.68. The molecule has 1 aliphatic rings. The van der Waals surface area contributed by atoms with Crippen molar-refractivity contribution in [2.45, 2.75) is 0 Å². The lowest BCUT2D eigenvalue weighted by molar-refractivity contribution is -0.138. The number of carboxylic acid groups (broad SMARTS) is 1. The van der Waals surface area contributed by atoms with Crippen LogP contribution in [-0.4, -0.2) is 91.3 Å². The lowest BCUT2D eigenvalue weighted by atomic mass is 10.3. The van der Waals surface area contributed by atoms with Gasteiger partial charge in [0.15, 0.2) is 0 Å². The molecule has 114 valence electrons. The molecule has 0 spiro atoms. The van der Waals surface area contributed by atoms with Crippen LogP contribution in [0, 0.1) is 0 Å². The zero-order chi connectivity index (χ0) is 15.0. The molecule has 0 saturated carbocycles. The minimum Gasteiger partial charge on any atom is -0.480 e. The van der Waals surface area contributed by atoms with Gasteiger partial charge in [-0.15, -0.1) is 0 Å². The fraction of sp³-hybridized carbons (Fsp3) is 0.692. The zero-order valence-electron chi connectivity index (χ0n) is 12.0. The van der Waals surface area contributed by atoms with Crippen molar-refractivity contribution < 1.29 is 19.4 Å². The van der Waals surface area contributed by atoms with Crippen molar-refractivity contribution in [2.75, 3.05) is 59.5 Å². The number of nitrogens with zero attached hydrogens (tertiary/aromatic N) is 3. The smallest absolute Gasteiger partial charge is 0.410 e. The van der Waals surface area contributed by atoms with Crippen LogP contribution in [0.15, 0.2) is 12.7 Å². The molecule has 1 rings (SSSR count). The predicted molar refractivity (Wildman–Crippen MR) is 74.7 cm³/mol. The Hall–Kier alpha value is -1.60. The van der Waals surface area contributed by atoms with Gasteiger partial charge < -0.3 is 14.7 Å². The van der Waals surface area contributed by atoms with Gasteiger partial charge in [-0.25, -0.2) is 4.79 Å². The Morgan fingerprint density at radius 2 is 2.00 bits per heavy atom. The molecule has 0 bridgehead atoms. The number of amides is 1. The van der Waals surface area contributed by atoms with Gasteiger partial charge in [0.25, 0.3) is 0 Å². The molecule has 1 heterocycles. The molecule has 20 heavy (non-hydrogen) atoms. The molecule has 1 N–H and O–H groups in total. The molecule has 0 atom stereocenters. The standard InChI is InChI=1S/C13H23N3O4/c1-3-10-20-13(19)16(11-12(17)18)9-8-15-6-4-14(2)5-7-15/h3H,1,4-11H2,2H3,(H,17,18). The highest BCUT2D eigenvalue weighted by Crippen LogP contribution is 2.01. The molecule has 7 heteroatoms. The molecule has 1 fully saturated rings. The Balaban J connectivity index is 2.41. The van der Waals surface area contributed by atoms with Crippen LogP contribution in [0.25, 0.3) is 0 Å². The Morgan fingerprint density at radius 1 is 1.35 bits per heavy atom. The zero-order valence-corrected chi connectivity index (χ0v) is 12.0. The third-order valence-corrected chi connectivity index (χ3v) is 3.19. The molecule has 1 aliphatic heterocycles. The number of rotatable bonds is 7. The molecule has 0 aliphatic carbocycles. The fourth-order valence-electron chi connectivity index (χ4n) is 1.95. The number of hydrogen-bond acceptors (Lipinski definition) is 5. The van der Waals surface area contributed by atoms with E-state index in [9.17, 15) is 9.59 Å². The molecular weight excluding hydrogens is 262 g/mol. The van der Waals surface area contributed by atoms with Crippen molar-refractivity contribution in [1.82, 2.24) is 14.7 Å². The van der Waals surface area contributed by atoms with Crippen LogP contribution in [0.4, 0.5) is 4.79 Å². The molecular formula is C13H23N3O4. The highest BCUT2D eigenvalue weighted by atomic mass is 16.6. The summed E-state index contributed by atoms with van der Waals surface area (Å²) < 4.78 is 4.89. The molecule has 7 nitrogen and oxygen atoms in total. The van der Waals surface area contributed by atoms with E-state index in [1.54, 1.807) is 0 Å². The fourth-order valence-corrected chi connectivity index (χ4v) is 1.95. The number of likely N-dealkylation sites (N-methyl/N-ethyl adjacent to an activating group) is 1. The van der Waals surface area contributed by atoms with E-state index < -0.39 is 12.1 Å². The third-order valence-electron chi connectivity index (χ3n) is 3.19. The molecule has 0 aromatic rings. The number of hydrogen-bond donors (Lipinski definition) is 1. The van der Waals surface area contributed by atoms with E-state index in [0.29, 0.717) is 13.1 Å². The molecule has 0 aromatic heterocycles. The van der Waals surface area contributed by atoms with Gasteiger partial charge in [-0.1, -0.05) is 12.7 Å². The number of piperazine rings is 1. The maximum absolute atomic E-state index is 11.7. The first kappa shape index (κ1) is 16.5. The van der Waals surface area contributed by atoms with Gasteiger partial charge in [0.05, 0.1) is 0 Å². The largest absolute Gasteiger partial charge is 0.480 e. The predicted octanol–water partition coefficient (Wildman–Crippen LogP) is -0.0570. The topological polar surface area (TPSA) is 73.3 Å². The van der Waals surface area contributed by atoms with Gasteiger partial charge in [-0.2, -0.15) is 0 Å². The average molecular weight is 285 g/mol. The van der Waals surface area contributed by atoms with Gasteiger partial charge in [0, 0.05) is 39.3 Å². The molecule has 1 amide bonds. The van der Waals surface area contributed by atoms with E-state index in [-0.39, 0.29) is 13.2 Å². The quantitative estimate of drug-likeness (QED) is 0.661. The first-order valence-corrected chi connectivity index (χ1v) is 6.68. The normalized spacial score (nSPS) is 16.6. The van der Waals surface area contributed by atoms with Crippen LogP contribution in [0.3, 0.4) is 0 Å². The Labute approximate surface area is 119 Å². The lowest BCUT2D eigenvalue weighted by Gasteiger charge is -2.33. The van der Waals surface area contributed by atoms with Gasteiger partial charge in [-0.3, -0.25) is 14.6 Å². The average Bonchev–Trinajstić information content (AvgIpc) is 2.42. The summed E-state index contributed by atoms with van der Waals surface area (Å²) in [5.74, 6) is -1.04. The van der Waals surface area contributed by atoms with Crippen molar-refractivity contribution in [1.29, 1.82) is 0 Å². The number of carboxylic acids is 1. The van der Waals surface area contributed by atoms with E-state index in [1.807, 2.05) is 0 Å². The van der Waals surface area contributed by atoms with Gasteiger partial charge >= 0.3 is 12.1 Å². The molecule has 0 aromatic carbocycles. The van der Waals surface area contributed by atoms with E-state index >= 15 is 0 Å². The summed E-state index contributed by atoms with van der Waals surface area (Å²) in [7, 11) is 2.07. The van der Waals surface area contributed by atoms with Gasteiger partial charge in [-0.05, 0) is 7.05 Å². The Bertz CT molecular complexity index is 341. The van der Waals surface area contributed by atoms with E-state index in [2.05, 4.69) is 23.4 Å². The van der Waals surface area contributed by atoms with Crippen molar-refractivity contribution in [3.8, 4) is 0 Å². The van der Waals surface area contributed by atoms with Crippen LogP contribution in [0.1, 0.15) is 0 Å². The highest BCUT2D eigenvalue weighted by Gasteiger charge is 2.20. The second-order valence-corrected chi connectivity index (χ2v) is 4.83. The number of aliphatic carboxylic acids is 1. The number of carbonyl (C=O) groups is 2. The minimum absolute atomic E-state index is 0.0868. The van der Waals surface area contributed by atoms with E-state index in [1.165, 1.54) is 11.0 Å². The summed E-state index contributed by atoms with van der Waals surface area (Å²) in [5.41, 5.74) is 0. The summed E-state index contributed by atoms with van der Waals surface area (Å²) in [6.07, 6.45) is 0.846. The number of ether oxygens (including phenoxy) is 1. The monoisotopic (exact) mass is 285 g/mol. The van der Waals surface area contributed by atoms with Gasteiger partial charge in [0.1, 0.15) is 13.2 Å². The van der Waals surface area contributed by atoms with Crippen LogP contribution in [0.5, 0.6) is 0 Å². The summed E-state index contributed by atoms with van der Waals surface area (Å²) >= 11 is 0. The maximum atomic E-state index is 11.7. The van der Waals surface area contributed by atoms with Crippen LogP contribution >= 0.6 is 0 Å². The van der Waals surface area contributed by atoms with Gasteiger partial charge in [0.2, 0.25) is 0 Å².